The number of rotatable bonds is 4. The average molecular weight is 280 g/mol. The Morgan fingerprint density at radius 2 is 2.15 bits per heavy atom. The number of ether oxygens (including phenoxy) is 2. The summed E-state index contributed by atoms with van der Waals surface area (Å²) >= 11 is 0. The molecule has 1 N–H and O–H groups in total. The topological polar surface area (TPSA) is 109 Å². The van der Waals surface area contributed by atoms with E-state index >= 15 is 0 Å². The number of benzene rings is 1. The molecule has 0 amide bonds. The number of hydrogen-bond acceptors (Lipinski definition) is 7. The van der Waals surface area contributed by atoms with E-state index < -0.39 is 12.8 Å². The Labute approximate surface area is 113 Å². The summed E-state index contributed by atoms with van der Waals surface area (Å²) in [6.07, 6.45) is -0.796. The summed E-state index contributed by atoms with van der Waals surface area (Å²) in [4.78, 5) is 11.3. The Morgan fingerprint density at radius 3 is 2.75 bits per heavy atom. The summed E-state index contributed by atoms with van der Waals surface area (Å²) in [6.45, 7) is 1.39. The summed E-state index contributed by atoms with van der Waals surface area (Å²) in [6, 6.07) is 6.17. The number of hydrogen-bond donors (Lipinski definition) is 1. The number of nitrogens with zero attached hydrogens (tertiary/aromatic N) is 2. The lowest BCUT2D eigenvalue weighted by atomic mass is 10.1. The minimum atomic E-state index is -0.796. The van der Waals surface area contributed by atoms with Gasteiger partial charge in [0.2, 0.25) is 5.69 Å². The monoisotopic (exact) mass is 280 g/mol. The van der Waals surface area contributed by atoms with Gasteiger partial charge in [-0.05, 0) is 36.1 Å². The number of aromatic nitrogens is 2. The van der Waals surface area contributed by atoms with E-state index in [1.165, 1.54) is 12.1 Å². The summed E-state index contributed by atoms with van der Waals surface area (Å²) in [5.41, 5.74) is 0.776. The molecule has 0 aliphatic heterocycles. The van der Waals surface area contributed by atoms with Crippen molar-refractivity contribution in [3.8, 4) is 17.0 Å². The van der Waals surface area contributed by atoms with Gasteiger partial charge in [0.25, 0.3) is 5.69 Å². The van der Waals surface area contributed by atoms with E-state index in [-0.39, 0.29) is 28.6 Å². The van der Waals surface area contributed by atoms with Crippen molar-refractivity contribution >= 4 is 6.16 Å². The lowest BCUT2D eigenvalue weighted by molar-refractivity contribution is -0.809. The van der Waals surface area contributed by atoms with Gasteiger partial charge in [-0.1, -0.05) is 0 Å². The van der Waals surface area contributed by atoms with Gasteiger partial charge in [-0.25, -0.2) is 4.79 Å². The van der Waals surface area contributed by atoms with Crippen molar-refractivity contribution in [1.82, 2.24) is 5.16 Å². The van der Waals surface area contributed by atoms with Gasteiger partial charge in [0.1, 0.15) is 12.4 Å². The van der Waals surface area contributed by atoms with Crippen LogP contribution in [0.15, 0.2) is 28.9 Å². The highest BCUT2D eigenvalue weighted by Crippen LogP contribution is 2.22. The third kappa shape index (κ3) is 2.86. The van der Waals surface area contributed by atoms with Gasteiger partial charge < -0.3 is 19.8 Å². The minimum Gasteiger partial charge on any atom is -0.434 e. The fourth-order valence-electron chi connectivity index (χ4n) is 1.54. The van der Waals surface area contributed by atoms with Crippen molar-refractivity contribution in [3.63, 3.8) is 0 Å². The fourth-order valence-corrected chi connectivity index (χ4v) is 1.54. The van der Waals surface area contributed by atoms with Crippen LogP contribution in [0.2, 0.25) is 0 Å². The zero-order valence-corrected chi connectivity index (χ0v) is 10.6. The van der Waals surface area contributed by atoms with Gasteiger partial charge in [0, 0.05) is 10.7 Å². The van der Waals surface area contributed by atoms with Crippen LogP contribution in [-0.4, -0.2) is 23.0 Å². The quantitative estimate of drug-likeness (QED) is 0.505. The number of carbonyl (C=O) groups is 1. The van der Waals surface area contributed by atoms with Crippen LogP contribution in [0.25, 0.3) is 11.3 Å². The van der Waals surface area contributed by atoms with Crippen LogP contribution in [0.5, 0.6) is 5.75 Å². The molecule has 0 atom stereocenters. The van der Waals surface area contributed by atoms with Crippen molar-refractivity contribution in [3.05, 3.63) is 35.2 Å². The number of aliphatic hydroxyl groups excluding tert-OH is 1. The van der Waals surface area contributed by atoms with Crippen LogP contribution in [0.1, 0.15) is 12.6 Å². The smallest absolute Gasteiger partial charge is 0.434 e. The molecule has 1 heterocycles. The third-order valence-electron chi connectivity index (χ3n) is 2.44. The zero-order valence-electron chi connectivity index (χ0n) is 10.6. The molecule has 0 radical (unpaired) electrons. The largest absolute Gasteiger partial charge is 0.513 e. The third-order valence-corrected chi connectivity index (χ3v) is 2.44. The van der Waals surface area contributed by atoms with Crippen molar-refractivity contribution in [2.75, 3.05) is 6.61 Å². The molecule has 1 aromatic heterocycles. The molecule has 1 aromatic carbocycles. The first kappa shape index (κ1) is 13.8. The molecule has 2 rings (SSSR count). The van der Waals surface area contributed by atoms with E-state index in [1.54, 1.807) is 19.1 Å². The Bertz CT molecular complexity index is 592. The zero-order chi connectivity index (χ0) is 14.5. The number of carbonyl (C=O) groups excluding carboxylic acids is 1. The molecule has 2 aromatic rings. The van der Waals surface area contributed by atoms with E-state index in [1.807, 2.05) is 0 Å². The average Bonchev–Trinajstić information content (AvgIpc) is 2.81. The summed E-state index contributed by atoms with van der Waals surface area (Å²) in [5.74, 6) is 0.288. The predicted molar refractivity (Wildman–Crippen MR) is 64.5 cm³/mol. The van der Waals surface area contributed by atoms with Crippen LogP contribution >= 0.6 is 0 Å². The van der Waals surface area contributed by atoms with Crippen LogP contribution < -0.4 is 9.64 Å². The first-order valence-corrected chi connectivity index (χ1v) is 5.80. The highest BCUT2D eigenvalue weighted by Gasteiger charge is 2.20. The van der Waals surface area contributed by atoms with E-state index in [0.717, 1.165) is 0 Å². The standard InChI is InChI=1S/C12H12N2O6/c1-2-18-12(16)19-9-5-3-8(4-6-9)11-10(7-15)14(17)20-13-11/h3-6,15H,2,7H2,1H3. The summed E-state index contributed by atoms with van der Waals surface area (Å²) in [5, 5.41) is 23.8. The van der Waals surface area contributed by atoms with Gasteiger partial charge in [0.15, 0.2) is 0 Å². The van der Waals surface area contributed by atoms with Crippen LogP contribution in [0.4, 0.5) is 4.79 Å². The Hall–Kier alpha value is -2.61. The molecule has 0 fully saturated rings. The Balaban J connectivity index is 2.17. The highest BCUT2D eigenvalue weighted by atomic mass is 16.8. The van der Waals surface area contributed by atoms with E-state index in [2.05, 4.69) is 14.5 Å². The molecule has 8 nitrogen and oxygen atoms in total. The molecule has 0 spiro atoms. The second kappa shape index (κ2) is 6.02. The molecule has 106 valence electrons. The molecule has 8 heteroatoms. The van der Waals surface area contributed by atoms with Crippen LogP contribution in [0.3, 0.4) is 0 Å². The lowest BCUT2D eigenvalue weighted by Crippen LogP contribution is -2.28. The molecule has 0 unspecified atom stereocenters. The number of aliphatic hydroxyl groups is 1. The van der Waals surface area contributed by atoms with Gasteiger partial charge >= 0.3 is 6.16 Å². The molecular weight excluding hydrogens is 268 g/mol. The second-order valence-corrected chi connectivity index (χ2v) is 3.69. The van der Waals surface area contributed by atoms with Gasteiger partial charge in [-0.3, -0.25) is 4.63 Å². The SMILES string of the molecule is CCOC(=O)Oc1ccc(-c2no[n+]([O-])c2CO)cc1. The molecule has 0 bridgehead atoms. The molecule has 0 aliphatic rings. The fraction of sp³-hybridized carbons (Fsp3) is 0.250. The molecule has 20 heavy (non-hydrogen) atoms. The maximum absolute atomic E-state index is 11.2. The maximum Gasteiger partial charge on any atom is 0.513 e. The van der Waals surface area contributed by atoms with E-state index in [0.29, 0.717) is 5.56 Å². The Morgan fingerprint density at radius 1 is 1.45 bits per heavy atom. The lowest BCUT2D eigenvalue weighted by Gasteiger charge is -2.03. The van der Waals surface area contributed by atoms with Crippen molar-refractivity contribution in [2.45, 2.75) is 13.5 Å². The van der Waals surface area contributed by atoms with Crippen molar-refractivity contribution < 1.29 is 28.9 Å². The predicted octanol–water partition coefficient (Wildman–Crippen LogP) is 1.00. The maximum atomic E-state index is 11.2. The highest BCUT2D eigenvalue weighted by molar-refractivity contribution is 5.65. The van der Waals surface area contributed by atoms with Crippen molar-refractivity contribution in [1.29, 1.82) is 0 Å². The van der Waals surface area contributed by atoms with Crippen molar-refractivity contribution in [2.24, 2.45) is 0 Å². The van der Waals surface area contributed by atoms with Crippen LogP contribution in [-0.2, 0) is 11.3 Å². The second-order valence-electron chi connectivity index (χ2n) is 3.69. The van der Waals surface area contributed by atoms with Gasteiger partial charge in [-0.15, -0.1) is 0 Å². The van der Waals surface area contributed by atoms with E-state index in [4.69, 9.17) is 9.84 Å². The van der Waals surface area contributed by atoms with Gasteiger partial charge in [0.05, 0.1) is 6.61 Å². The Kier molecular flexibility index (Phi) is 4.16. The summed E-state index contributed by atoms with van der Waals surface area (Å²) in [7, 11) is 0. The molecule has 0 aliphatic carbocycles. The molecular formula is C12H12N2O6. The molecule has 0 saturated heterocycles. The summed E-state index contributed by atoms with van der Waals surface area (Å²) < 4.78 is 13.9. The first-order valence-electron chi connectivity index (χ1n) is 5.80. The minimum absolute atomic E-state index is 0.00376. The normalized spacial score (nSPS) is 10.3. The van der Waals surface area contributed by atoms with Gasteiger partial charge in [-0.2, -0.15) is 0 Å². The van der Waals surface area contributed by atoms with E-state index in [9.17, 15) is 10.0 Å². The van der Waals surface area contributed by atoms with Crippen LogP contribution in [0, 0.1) is 5.21 Å². The first-order chi connectivity index (χ1) is 9.65. The molecule has 0 saturated carbocycles.